The Hall–Kier alpha value is -2.21. The van der Waals surface area contributed by atoms with E-state index in [1.54, 1.807) is 6.07 Å². The molecule has 0 fully saturated rings. The van der Waals surface area contributed by atoms with Gasteiger partial charge in [-0.3, -0.25) is 4.79 Å². The highest BCUT2D eigenvalue weighted by Crippen LogP contribution is 2.18. The summed E-state index contributed by atoms with van der Waals surface area (Å²) >= 11 is 3.42. The van der Waals surface area contributed by atoms with Gasteiger partial charge in [0.25, 0.3) is 0 Å². The summed E-state index contributed by atoms with van der Waals surface area (Å²) in [4.78, 5) is 24.1. The fraction of sp³-hybridized carbons (Fsp3) is 0.222. The largest absolute Gasteiger partial charge is 0.467 e. The molecule has 1 N–H and O–H groups in total. The highest BCUT2D eigenvalue weighted by molar-refractivity contribution is 9.10. The van der Waals surface area contributed by atoms with E-state index in [1.165, 1.54) is 25.3 Å². The van der Waals surface area contributed by atoms with Crippen molar-refractivity contribution in [1.82, 2.24) is 5.32 Å². The van der Waals surface area contributed by atoms with Gasteiger partial charge in [0.15, 0.2) is 0 Å². The molecule has 1 atom stereocenters. The zero-order chi connectivity index (χ0) is 17.5. The molecular formula is C18H17BrFNO3. The highest BCUT2D eigenvalue weighted by Gasteiger charge is 2.22. The number of rotatable bonds is 6. The highest BCUT2D eigenvalue weighted by atomic mass is 79.9. The Bertz CT molecular complexity index is 736. The van der Waals surface area contributed by atoms with Gasteiger partial charge in [0, 0.05) is 10.9 Å². The van der Waals surface area contributed by atoms with Crippen molar-refractivity contribution in [2.75, 3.05) is 7.11 Å². The molecule has 2 aromatic carbocycles. The summed E-state index contributed by atoms with van der Waals surface area (Å²) in [6, 6.07) is 12.4. The van der Waals surface area contributed by atoms with Crippen molar-refractivity contribution in [3.8, 4) is 0 Å². The summed E-state index contributed by atoms with van der Waals surface area (Å²) < 4.78 is 18.8. The Morgan fingerprint density at radius 3 is 2.62 bits per heavy atom. The molecule has 0 radical (unpaired) electrons. The molecule has 0 heterocycles. The minimum Gasteiger partial charge on any atom is -0.467 e. The first-order valence-corrected chi connectivity index (χ1v) is 8.14. The van der Waals surface area contributed by atoms with E-state index in [1.807, 2.05) is 24.3 Å². The maximum Gasteiger partial charge on any atom is 0.328 e. The van der Waals surface area contributed by atoms with Crippen LogP contribution in [0.2, 0.25) is 0 Å². The van der Waals surface area contributed by atoms with Crippen LogP contribution in [0.1, 0.15) is 11.1 Å². The number of esters is 1. The molecule has 1 amide bonds. The van der Waals surface area contributed by atoms with Gasteiger partial charge < -0.3 is 10.1 Å². The van der Waals surface area contributed by atoms with Crippen LogP contribution >= 0.6 is 15.9 Å². The van der Waals surface area contributed by atoms with Crippen LogP contribution in [0.15, 0.2) is 53.0 Å². The zero-order valence-electron chi connectivity index (χ0n) is 13.1. The molecule has 126 valence electrons. The molecule has 0 unspecified atom stereocenters. The molecular weight excluding hydrogens is 377 g/mol. The van der Waals surface area contributed by atoms with Crippen LogP contribution in [0.25, 0.3) is 0 Å². The van der Waals surface area contributed by atoms with Gasteiger partial charge >= 0.3 is 5.97 Å². The normalized spacial score (nSPS) is 11.6. The summed E-state index contributed by atoms with van der Waals surface area (Å²) in [5.41, 5.74) is 1.41. The molecule has 0 aromatic heterocycles. The maximum atomic E-state index is 13.2. The van der Waals surface area contributed by atoms with Gasteiger partial charge in [-0.25, -0.2) is 9.18 Å². The summed E-state index contributed by atoms with van der Waals surface area (Å²) in [6.07, 6.45) is 0.282. The monoisotopic (exact) mass is 393 g/mol. The van der Waals surface area contributed by atoms with E-state index in [0.29, 0.717) is 12.0 Å². The van der Waals surface area contributed by atoms with Crippen molar-refractivity contribution < 1.29 is 18.7 Å². The first-order chi connectivity index (χ1) is 11.5. The van der Waals surface area contributed by atoms with Crippen molar-refractivity contribution in [3.63, 3.8) is 0 Å². The predicted octanol–water partition coefficient (Wildman–Crippen LogP) is 3.03. The molecule has 24 heavy (non-hydrogen) atoms. The lowest BCUT2D eigenvalue weighted by molar-refractivity contribution is -0.145. The number of nitrogens with one attached hydrogen (secondary N) is 1. The molecule has 6 heteroatoms. The minimum atomic E-state index is -0.810. The quantitative estimate of drug-likeness (QED) is 0.767. The second-order valence-corrected chi connectivity index (χ2v) is 6.10. The van der Waals surface area contributed by atoms with Gasteiger partial charge in [-0.05, 0) is 29.3 Å². The van der Waals surface area contributed by atoms with Crippen LogP contribution in [-0.4, -0.2) is 25.0 Å². The second kappa shape index (κ2) is 8.59. The molecule has 0 aliphatic carbocycles. The molecule has 2 rings (SSSR count). The molecule has 4 nitrogen and oxygen atoms in total. The summed E-state index contributed by atoms with van der Waals surface area (Å²) in [5.74, 6) is -1.31. The van der Waals surface area contributed by atoms with Gasteiger partial charge in [-0.2, -0.15) is 0 Å². The van der Waals surface area contributed by atoms with E-state index in [9.17, 15) is 14.0 Å². The van der Waals surface area contributed by atoms with Crippen molar-refractivity contribution in [3.05, 3.63) is 69.9 Å². The first kappa shape index (κ1) is 18.1. The van der Waals surface area contributed by atoms with Gasteiger partial charge in [-0.15, -0.1) is 0 Å². The van der Waals surface area contributed by atoms with Crippen LogP contribution in [-0.2, 0) is 27.2 Å². The van der Waals surface area contributed by atoms with Crippen molar-refractivity contribution in [2.45, 2.75) is 18.9 Å². The van der Waals surface area contributed by atoms with Gasteiger partial charge in [-0.1, -0.05) is 46.3 Å². The summed E-state index contributed by atoms with van der Waals surface area (Å²) in [5, 5.41) is 2.65. The third kappa shape index (κ3) is 5.16. The maximum absolute atomic E-state index is 13.2. The number of carbonyl (C=O) groups is 2. The van der Waals surface area contributed by atoms with Crippen LogP contribution < -0.4 is 5.32 Å². The third-order valence-corrected chi connectivity index (χ3v) is 4.23. The number of halogens is 2. The molecule has 0 aliphatic heterocycles. The number of carbonyl (C=O) groups excluding carboxylic acids is 2. The topological polar surface area (TPSA) is 55.4 Å². The Labute approximate surface area is 148 Å². The number of methoxy groups -OCH3 is 1. The number of benzene rings is 2. The van der Waals surface area contributed by atoms with E-state index in [-0.39, 0.29) is 12.3 Å². The van der Waals surface area contributed by atoms with Crippen molar-refractivity contribution in [1.29, 1.82) is 0 Å². The second-order valence-electron chi connectivity index (χ2n) is 5.25. The Balaban J connectivity index is 2.07. The van der Waals surface area contributed by atoms with Crippen LogP contribution in [0.4, 0.5) is 4.39 Å². The molecule has 0 bridgehead atoms. The van der Waals surface area contributed by atoms with Crippen molar-refractivity contribution >= 4 is 27.8 Å². The molecule has 0 saturated heterocycles. The number of amides is 1. The van der Waals surface area contributed by atoms with Gasteiger partial charge in [0.2, 0.25) is 5.91 Å². The average molecular weight is 394 g/mol. The van der Waals surface area contributed by atoms with E-state index < -0.39 is 17.8 Å². The average Bonchev–Trinajstić information content (AvgIpc) is 2.55. The smallest absolute Gasteiger partial charge is 0.328 e. The van der Waals surface area contributed by atoms with Crippen LogP contribution in [0, 0.1) is 5.82 Å². The van der Waals surface area contributed by atoms with E-state index in [4.69, 9.17) is 4.74 Å². The molecule has 2 aromatic rings. The van der Waals surface area contributed by atoms with Crippen LogP contribution in [0.3, 0.4) is 0 Å². The summed E-state index contributed by atoms with van der Waals surface area (Å²) in [7, 11) is 1.27. The standard InChI is InChI=1S/C18H17BrFNO3/c1-24-18(23)16(11-13-6-2-3-8-15(13)19)21-17(22)10-12-5-4-7-14(20)9-12/h2-9,16H,10-11H2,1H3,(H,21,22)/t16-/m0/s1. The fourth-order valence-corrected chi connectivity index (χ4v) is 2.74. The Kier molecular flexibility index (Phi) is 6.49. The predicted molar refractivity (Wildman–Crippen MR) is 91.9 cm³/mol. The van der Waals surface area contributed by atoms with E-state index in [2.05, 4.69) is 21.2 Å². The lowest BCUT2D eigenvalue weighted by atomic mass is 10.1. The molecule has 0 aliphatic rings. The Morgan fingerprint density at radius 1 is 1.21 bits per heavy atom. The number of hydrogen-bond donors (Lipinski definition) is 1. The lowest BCUT2D eigenvalue weighted by Crippen LogP contribution is -2.43. The number of ether oxygens (including phenoxy) is 1. The third-order valence-electron chi connectivity index (χ3n) is 3.46. The lowest BCUT2D eigenvalue weighted by Gasteiger charge is -2.17. The first-order valence-electron chi connectivity index (χ1n) is 7.34. The molecule has 0 spiro atoms. The zero-order valence-corrected chi connectivity index (χ0v) is 14.7. The summed E-state index contributed by atoms with van der Waals surface area (Å²) in [6.45, 7) is 0. The van der Waals surface area contributed by atoms with Gasteiger partial charge in [0.05, 0.1) is 13.5 Å². The van der Waals surface area contributed by atoms with Gasteiger partial charge in [0.1, 0.15) is 11.9 Å². The number of hydrogen-bond acceptors (Lipinski definition) is 3. The Morgan fingerprint density at radius 2 is 1.96 bits per heavy atom. The van der Waals surface area contributed by atoms with Crippen molar-refractivity contribution in [2.24, 2.45) is 0 Å². The van der Waals surface area contributed by atoms with E-state index >= 15 is 0 Å². The van der Waals surface area contributed by atoms with E-state index in [0.717, 1.165) is 10.0 Å². The molecule has 0 saturated carbocycles. The van der Waals surface area contributed by atoms with Crippen LogP contribution in [0.5, 0.6) is 0 Å². The minimum absolute atomic E-state index is 0.0127. The fourth-order valence-electron chi connectivity index (χ4n) is 2.30. The SMILES string of the molecule is COC(=O)[C@H](Cc1ccccc1Br)NC(=O)Cc1cccc(F)c1.